The van der Waals surface area contributed by atoms with Crippen molar-refractivity contribution in [1.29, 1.82) is 0 Å². The molecule has 1 unspecified atom stereocenters. The number of carboxylic acids is 1. The molecule has 1 aromatic carbocycles. The van der Waals surface area contributed by atoms with Crippen molar-refractivity contribution in [3.05, 3.63) is 52.4 Å². The molecule has 0 radical (unpaired) electrons. The molecule has 0 saturated carbocycles. The fourth-order valence-corrected chi connectivity index (χ4v) is 3.22. The van der Waals surface area contributed by atoms with Crippen LogP contribution in [0.1, 0.15) is 22.3 Å². The first-order chi connectivity index (χ1) is 10.5. The van der Waals surface area contributed by atoms with Crippen LogP contribution in [0, 0.1) is 0 Å². The standard InChI is InChI=1S/C15H11NO4S2/c17-13-12(22-15(21)16-13)7-10-5-6-11(20-10)8-1-3-9(4-2-8)14(18)19/h1-4,6-7,10H,5H2,(H,18,19)(H,16,17,21)/b12-7-. The third-order valence-corrected chi connectivity index (χ3v) is 4.39. The van der Waals surface area contributed by atoms with Crippen LogP contribution in [0.15, 0.2) is 41.3 Å². The maximum Gasteiger partial charge on any atom is 0.335 e. The lowest BCUT2D eigenvalue weighted by Gasteiger charge is -2.10. The molecule has 5 nitrogen and oxygen atoms in total. The zero-order valence-corrected chi connectivity index (χ0v) is 12.9. The zero-order valence-electron chi connectivity index (χ0n) is 11.2. The number of thioether (sulfide) groups is 1. The number of hydrogen-bond acceptors (Lipinski definition) is 5. The van der Waals surface area contributed by atoms with Crippen molar-refractivity contribution in [3.8, 4) is 0 Å². The van der Waals surface area contributed by atoms with E-state index < -0.39 is 5.97 Å². The van der Waals surface area contributed by atoms with Gasteiger partial charge in [-0.15, -0.1) is 0 Å². The monoisotopic (exact) mass is 333 g/mol. The van der Waals surface area contributed by atoms with E-state index in [1.807, 2.05) is 6.08 Å². The largest absolute Gasteiger partial charge is 0.486 e. The summed E-state index contributed by atoms with van der Waals surface area (Å²) in [6.07, 6.45) is 4.12. The molecule has 1 fully saturated rings. The Balaban J connectivity index is 1.69. The molecule has 7 heteroatoms. The van der Waals surface area contributed by atoms with Crippen LogP contribution < -0.4 is 5.32 Å². The lowest BCUT2D eigenvalue weighted by Crippen LogP contribution is -2.18. The van der Waals surface area contributed by atoms with Gasteiger partial charge in [-0.25, -0.2) is 4.79 Å². The molecule has 1 saturated heterocycles. The summed E-state index contributed by atoms with van der Waals surface area (Å²) >= 11 is 6.16. The Hall–Kier alpha value is -2.12. The number of carbonyl (C=O) groups excluding carboxylic acids is 1. The van der Waals surface area contributed by atoms with Gasteiger partial charge >= 0.3 is 5.97 Å². The summed E-state index contributed by atoms with van der Waals surface area (Å²) < 4.78 is 6.24. The third-order valence-electron chi connectivity index (χ3n) is 3.21. The van der Waals surface area contributed by atoms with Gasteiger partial charge in [0, 0.05) is 12.0 Å². The van der Waals surface area contributed by atoms with Crippen LogP contribution in [0.25, 0.3) is 5.76 Å². The van der Waals surface area contributed by atoms with E-state index in [9.17, 15) is 9.59 Å². The SMILES string of the molecule is O=C1NC(=S)S/C1=C\C1CC=C(c2ccc(C(=O)O)cc2)O1. The van der Waals surface area contributed by atoms with Crippen LogP contribution in [-0.2, 0) is 9.53 Å². The van der Waals surface area contributed by atoms with E-state index in [4.69, 9.17) is 22.1 Å². The molecular formula is C15H11NO4S2. The minimum atomic E-state index is -0.962. The van der Waals surface area contributed by atoms with Gasteiger partial charge in [0.25, 0.3) is 5.91 Å². The second kappa shape index (κ2) is 5.94. The average molecular weight is 333 g/mol. The Morgan fingerprint density at radius 1 is 1.41 bits per heavy atom. The van der Waals surface area contributed by atoms with Crippen LogP contribution >= 0.6 is 24.0 Å². The molecule has 1 atom stereocenters. The minimum absolute atomic E-state index is 0.196. The Morgan fingerprint density at radius 2 is 2.14 bits per heavy atom. The van der Waals surface area contributed by atoms with Crippen LogP contribution in [-0.4, -0.2) is 27.4 Å². The second-order valence-electron chi connectivity index (χ2n) is 4.72. The smallest absolute Gasteiger partial charge is 0.335 e. The van der Waals surface area contributed by atoms with E-state index in [-0.39, 0.29) is 17.6 Å². The van der Waals surface area contributed by atoms with Gasteiger partial charge in [0.05, 0.1) is 10.5 Å². The summed E-state index contributed by atoms with van der Waals surface area (Å²) in [6.45, 7) is 0. The van der Waals surface area contributed by atoms with Crippen LogP contribution in [0.2, 0.25) is 0 Å². The van der Waals surface area contributed by atoms with Gasteiger partial charge in [0.15, 0.2) is 0 Å². The molecule has 2 heterocycles. The first kappa shape index (κ1) is 14.8. The number of carbonyl (C=O) groups is 2. The second-order valence-corrected chi connectivity index (χ2v) is 6.44. The summed E-state index contributed by atoms with van der Waals surface area (Å²) in [5.41, 5.74) is 1.04. The molecule has 2 aliphatic rings. The fraction of sp³-hybridized carbons (Fsp3) is 0.133. The molecule has 0 bridgehead atoms. The van der Waals surface area contributed by atoms with Crippen LogP contribution in [0.4, 0.5) is 0 Å². The van der Waals surface area contributed by atoms with E-state index in [1.54, 1.807) is 18.2 Å². The van der Waals surface area contributed by atoms with E-state index in [2.05, 4.69) is 5.32 Å². The van der Waals surface area contributed by atoms with Crippen molar-refractivity contribution in [1.82, 2.24) is 5.32 Å². The Labute approximate surface area is 136 Å². The molecule has 0 aliphatic carbocycles. The summed E-state index contributed by atoms with van der Waals surface area (Å²) in [6, 6.07) is 6.48. The maximum absolute atomic E-state index is 11.6. The molecule has 22 heavy (non-hydrogen) atoms. The highest BCUT2D eigenvalue weighted by Gasteiger charge is 2.25. The first-order valence-electron chi connectivity index (χ1n) is 6.48. The van der Waals surface area contributed by atoms with Crippen LogP contribution in [0.3, 0.4) is 0 Å². The molecule has 1 aromatic rings. The van der Waals surface area contributed by atoms with Gasteiger partial charge in [-0.1, -0.05) is 36.1 Å². The van der Waals surface area contributed by atoms with Crippen molar-refractivity contribution in [2.75, 3.05) is 0 Å². The third kappa shape index (κ3) is 3.05. The normalized spacial score (nSPS) is 22.5. The molecule has 1 amide bonds. The van der Waals surface area contributed by atoms with Gasteiger partial charge in [0.2, 0.25) is 0 Å². The number of carboxylic acid groups (broad SMARTS) is 1. The highest BCUT2D eigenvalue weighted by Crippen LogP contribution is 2.31. The molecule has 0 aromatic heterocycles. The number of ether oxygens (including phenoxy) is 1. The topological polar surface area (TPSA) is 75.6 Å². The molecule has 0 spiro atoms. The van der Waals surface area contributed by atoms with Crippen molar-refractivity contribution in [2.45, 2.75) is 12.5 Å². The van der Waals surface area contributed by atoms with E-state index in [0.717, 1.165) is 5.56 Å². The minimum Gasteiger partial charge on any atom is -0.486 e. The summed E-state index contributed by atoms with van der Waals surface area (Å²) in [5, 5.41) is 11.4. The van der Waals surface area contributed by atoms with Crippen LogP contribution in [0.5, 0.6) is 0 Å². The molecule has 2 N–H and O–H groups in total. The summed E-state index contributed by atoms with van der Waals surface area (Å²) in [5.74, 6) is -0.474. The number of aromatic carboxylic acids is 1. The lowest BCUT2D eigenvalue weighted by atomic mass is 10.1. The molecule has 112 valence electrons. The fourth-order valence-electron chi connectivity index (χ4n) is 2.15. The van der Waals surface area contributed by atoms with Gasteiger partial charge in [-0.05, 0) is 24.3 Å². The summed E-state index contributed by atoms with van der Waals surface area (Å²) in [7, 11) is 0. The van der Waals surface area contributed by atoms with Gasteiger partial charge in [0.1, 0.15) is 16.2 Å². The van der Waals surface area contributed by atoms with Gasteiger partial charge < -0.3 is 15.2 Å². The first-order valence-corrected chi connectivity index (χ1v) is 7.71. The zero-order chi connectivity index (χ0) is 15.7. The van der Waals surface area contributed by atoms with Crippen molar-refractivity contribution in [3.63, 3.8) is 0 Å². The number of amides is 1. The Morgan fingerprint density at radius 3 is 2.73 bits per heavy atom. The average Bonchev–Trinajstić information content (AvgIpc) is 3.06. The lowest BCUT2D eigenvalue weighted by molar-refractivity contribution is -0.115. The van der Waals surface area contributed by atoms with Gasteiger partial charge in [-0.3, -0.25) is 4.79 Å². The van der Waals surface area contributed by atoms with Crippen molar-refractivity contribution < 1.29 is 19.4 Å². The van der Waals surface area contributed by atoms with E-state index in [1.165, 1.54) is 23.9 Å². The molecule has 2 aliphatic heterocycles. The van der Waals surface area contributed by atoms with Crippen molar-refractivity contribution in [2.24, 2.45) is 0 Å². The molecule has 3 rings (SSSR count). The predicted molar refractivity (Wildman–Crippen MR) is 87.3 cm³/mol. The van der Waals surface area contributed by atoms with Crippen molar-refractivity contribution >= 4 is 45.9 Å². The Bertz CT molecular complexity index is 722. The number of rotatable bonds is 3. The Kier molecular flexibility index (Phi) is 4.00. The predicted octanol–water partition coefficient (Wildman–Crippen LogP) is 2.55. The number of thiocarbonyl (C=S) groups is 1. The number of benzene rings is 1. The van der Waals surface area contributed by atoms with E-state index in [0.29, 0.717) is 21.4 Å². The molecular weight excluding hydrogens is 322 g/mol. The maximum atomic E-state index is 11.6. The number of hydrogen-bond donors (Lipinski definition) is 2. The number of nitrogens with one attached hydrogen (secondary N) is 1. The van der Waals surface area contributed by atoms with E-state index >= 15 is 0 Å². The van der Waals surface area contributed by atoms with Gasteiger partial charge in [-0.2, -0.15) is 0 Å². The summed E-state index contributed by atoms with van der Waals surface area (Å²) in [4.78, 5) is 23.0. The quantitative estimate of drug-likeness (QED) is 0.654. The highest BCUT2D eigenvalue weighted by molar-refractivity contribution is 8.26. The highest BCUT2D eigenvalue weighted by atomic mass is 32.2.